The van der Waals surface area contributed by atoms with Gasteiger partial charge in [0.2, 0.25) is 0 Å². The topological polar surface area (TPSA) is 44.5 Å². The zero-order chi connectivity index (χ0) is 12.5. The first-order chi connectivity index (χ1) is 8.77. The van der Waals surface area contributed by atoms with Crippen LogP contribution in [0.3, 0.4) is 0 Å². The van der Waals surface area contributed by atoms with Gasteiger partial charge in [-0.15, -0.1) is 0 Å². The summed E-state index contributed by atoms with van der Waals surface area (Å²) in [5, 5.41) is 0.770. The molecule has 1 aliphatic carbocycles. The Morgan fingerprint density at radius 2 is 2.00 bits per heavy atom. The Morgan fingerprint density at radius 1 is 1.17 bits per heavy atom. The van der Waals surface area contributed by atoms with Gasteiger partial charge in [-0.3, -0.25) is 0 Å². The number of fused-ring (bicyclic) bond motifs is 3. The van der Waals surface area contributed by atoms with Crippen LogP contribution in [0.15, 0.2) is 6.07 Å². The maximum Gasteiger partial charge on any atom is 0.166 e. The van der Waals surface area contributed by atoms with Crippen molar-refractivity contribution in [2.75, 3.05) is 13.2 Å². The summed E-state index contributed by atoms with van der Waals surface area (Å²) in [5.74, 6) is 1.59. The van der Waals surface area contributed by atoms with Crippen molar-refractivity contribution in [3.8, 4) is 11.5 Å². The smallest absolute Gasteiger partial charge is 0.166 e. The van der Waals surface area contributed by atoms with Crippen molar-refractivity contribution >= 4 is 11.6 Å². The zero-order valence-electron chi connectivity index (χ0n) is 10.4. The standard InChI is InChI=1S/C14H18ClNO2/c15-10-8-12-14(18-7-3-6-17-12)13-9(10)4-1-2-5-11(13)16/h8,11H,1-7,16H2/t11-/m1/s1. The molecule has 0 bridgehead atoms. The second-order valence-corrected chi connectivity index (χ2v) is 5.39. The van der Waals surface area contributed by atoms with E-state index in [1.54, 1.807) is 0 Å². The fourth-order valence-corrected chi connectivity index (χ4v) is 3.09. The molecule has 1 aromatic rings. The van der Waals surface area contributed by atoms with Crippen LogP contribution in [0.5, 0.6) is 11.5 Å². The van der Waals surface area contributed by atoms with E-state index in [-0.39, 0.29) is 6.04 Å². The van der Waals surface area contributed by atoms with Gasteiger partial charge >= 0.3 is 0 Å². The molecule has 1 atom stereocenters. The third-order valence-corrected chi connectivity index (χ3v) is 4.03. The number of benzene rings is 1. The number of rotatable bonds is 0. The van der Waals surface area contributed by atoms with Crippen LogP contribution in [0.2, 0.25) is 5.02 Å². The highest BCUT2D eigenvalue weighted by Crippen LogP contribution is 2.44. The van der Waals surface area contributed by atoms with Crippen LogP contribution >= 0.6 is 11.6 Å². The van der Waals surface area contributed by atoms with E-state index in [0.29, 0.717) is 13.2 Å². The van der Waals surface area contributed by atoms with Crippen LogP contribution in [0.1, 0.15) is 42.9 Å². The summed E-state index contributed by atoms with van der Waals surface area (Å²) in [4.78, 5) is 0. The maximum atomic E-state index is 6.38. The van der Waals surface area contributed by atoms with Crippen molar-refractivity contribution in [1.82, 2.24) is 0 Å². The maximum absolute atomic E-state index is 6.38. The van der Waals surface area contributed by atoms with E-state index in [0.717, 1.165) is 59.8 Å². The van der Waals surface area contributed by atoms with Crippen molar-refractivity contribution in [2.45, 2.75) is 38.1 Å². The van der Waals surface area contributed by atoms with Gasteiger partial charge in [0.1, 0.15) is 0 Å². The summed E-state index contributed by atoms with van der Waals surface area (Å²) in [7, 11) is 0. The molecule has 98 valence electrons. The molecule has 0 saturated heterocycles. The van der Waals surface area contributed by atoms with Crippen molar-refractivity contribution < 1.29 is 9.47 Å². The average Bonchev–Trinajstić information content (AvgIpc) is 2.68. The van der Waals surface area contributed by atoms with Crippen LogP contribution < -0.4 is 15.2 Å². The summed E-state index contributed by atoms with van der Waals surface area (Å²) >= 11 is 6.38. The minimum Gasteiger partial charge on any atom is -0.489 e. The molecule has 0 unspecified atom stereocenters. The summed E-state index contributed by atoms with van der Waals surface area (Å²) in [5.41, 5.74) is 8.53. The Kier molecular flexibility index (Phi) is 3.35. The van der Waals surface area contributed by atoms with Gasteiger partial charge in [0.15, 0.2) is 11.5 Å². The first kappa shape index (κ1) is 12.1. The minimum atomic E-state index is 0.0108. The molecule has 0 spiro atoms. The molecule has 0 fully saturated rings. The lowest BCUT2D eigenvalue weighted by Crippen LogP contribution is -2.13. The lowest BCUT2D eigenvalue weighted by atomic mass is 9.97. The summed E-state index contributed by atoms with van der Waals surface area (Å²) < 4.78 is 11.6. The zero-order valence-corrected chi connectivity index (χ0v) is 11.1. The lowest BCUT2D eigenvalue weighted by molar-refractivity contribution is 0.295. The Labute approximate surface area is 112 Å². The molecular formula is C14H18ClNO2. The molecule has 4 heteroatoms. The Hall–Kier alpha value is -0.930. The highest BCUT2D eigenvalue weighted by molar-refractivity contribution is 6.31. The molecule has 1 aliphatic heterocycles. The quantitative estimate of drug-likeness (QED) is 0.734. The number of halogens is 1. The Balaban J connectivity index is 2.17. The molecule has 1 heterocycles. The third-order valence-electron chi connectivity index (χ3n) is 3.69. The highest BCUT2D eigenvalue weighted by Gasteiger charge is 2.26. The molecule has 3 nitrogen and oxygen atoms in total. The molecule has 2 N–H and O–H groups in total. The monoisotopic (exact) mass is 267 g/mol. The predicted octanol–water partition coefficient (Wildman–Crippen LogP) is 3.23. The van der Waals surface area contributed by atoms with Gasteiger partial charge in [-0.05, 0) is 24.8 Å². The van der Waals surface area contributed by atoms with Crippen LogP contribution in [0.4, 0.5) is 0 Å². The third kappa shape index (κ3) is 2.06. The number of nitrogens with two attached hydrogens (primary N) is 1. The lowest BCUT2D eigenvalue weighted by Gasteiger charge is -2.20. The van der Waals surface area contributed by atoms with Crippen LogP contribution in [0, 0.1) is 0 Å². The summed E-state index contributed by atoms with van der Waals surface area (Å²) in [6, 6.07) is 1.90. The largest absolute Gasteiger partial charge is 0.489 e. The van der Waals surface area contributed by atoms with Gasteiger partial charge in [0.05, 0.1) is 13.2 Å². The number of hydrogen-bond donors (Lipinski definition) is 1. The number of hydrogen-bond acceptors (Lipinski definition) is 3. The normalized spacial score (nSPS) is 22.9. The van der Waals surface area contributed by atoms with Gasteiger partial charge in [-0.2, -0.15) is 0 Å². The van der Waals surface area contributed by atoms with E-state index in [9.17, 15) is 0 Å². The van der Waals surface area contributed by atoms with E-state index in [1.165, 1.54) is 0 Å². The van der Waals surface area contributed by atoms with Gasteiger partial charge < -0.3 is 15.2 Å². The second-order valence-electron chi connectivity index (χ2n) is 4.98. The minimum absolute atomic E-state index is 0.0108. The van der Waals surface area contributed by atoms with Gasteiger partial charge in [0.25, 0.3) is 0 Å². The average molecular weight is 268 g/mol. The van der Waals surface area contributed by atoms with Crippen molar-refractivity contribution in [3.63, 3.8) is 0 Å². The predicted molar refractivity (Wildman–Crippen MR) is 71.5 cm³/mol. The molecule has 0 amide bonds. The number of ether oxygens (including phenoxy) is 2. The summed E-state index contributed by atoms with van der Waals surface area (Å²) in [6.45, 7) is 1.37. The molecule has 0 aromatic heterocycles. The van der Waals surface area contributed by atoms with E-state index < -0.39 is 0 Å². The van der Waals surface area contributed by atoms with Crippen LogP contribution in [-0.2, 0) is 6.42 Å². The van der Waals surface area contributed by atoms with Gasteiger partial charge in [-0.25, -0.2) is 0 Å². The van der Waals surface area contributed by atoms with Crippen LogP contribution in [-0.4, -0.2) is 13.2 Å². The SMILES string of the molecule is N[C@@H]1CCCCc2c(Cl)cc3c(c21)OCCCO3. The molecule has 0 saturated carbocycles. The molecule has 2 aliphatic rings. The Bertz CT molecular complexity index is 462. The molecule has 3 rings (SSSR count). The van der Waals surface area contributed by atoms with E-state index in [4.69, 9.17) is 26.8 Å². The Morgan fingerprint density at radius 3 is 2.89 bits per heavy atom. The molecule has 1 aromatic carbocycles. The van der Waals surface area contributed by atoms with Gasteiger partial charge in [0, 0.05) is 29.1 Å². The first-order valence-electron chi connectivity index (χ1n) is 6.64. The van der Waals surface area contributed by atoms with E-state index >= 15 is 0 Å². The molecule has 0 radical (unpaired) electrons. The van der Waals surface area contributed by atoms with Crippen molar-refractivity contribution in [3.05, 3.63) is 22.2 Å². The van der Waals surface area contributed by atoms with E-state index in [1.807, 2.05) is 6.07 Å². The van der Waals surface area contributed by atoms with Crippen molar-refractivity contribution in [1.29, 1.82) is 0 Å². The fourth-order valence-electron chi connectivity index (χ4n) is 2.79. The van der Waals surface area contributed by atoms with Gasteiger partial charge in [-0.1, -0.05) is 18.0 Å². The molecule has 18 heavy (non-hydrogen) atoms. The highest BCUT2D eigenvalue weighted by atomic mass is 35.5. The first-order valence-corrected chi connectivity index (χ1v) is 7.01. The van der Waals surface area contributed by atoms with Crippen LogP contribution in [0.25, 0.3) is 0 Å². The fraction of sp³-hybridized carbons (Fsp3) is 0.571. The van der Waals surface area contributed by atoms with E-state index in [2.05, 4.69) is 0 Å². The van der Waals surface area contributed by atoms with Crippen molar-refractivity contribution in [2.24, 2.45) is 5.73 Å². The summed E-state index contributed by atoms with van der Waals surface area (Å²) in [6.07, 6.45) is 5.15. The molecular weight excluding hydrogens is 250 g/mol. The second kappa shape index (κ2) is 4.98.